The van der Waals surface area contributed by atoms with Crippen LogP contribution in [-0.4, -0.2) is 12.5 Å². The first-order valence-corrected chi connectivity index (χ1v) is 6.47. The highest BCUT2D eigenvalue weighted by Crippen LogP contribution is 2.16. The van der Waals surface area contributed by atoms with E-state index in [1.54, 1.807) is 0 Å². The van der Waals surface area contributed by atoms with Crippen LogP contribution < -0.4 is 5.32 Å². The zero-order valence-electron chi connectivity index (χ0n) is 10.5. The molecule has 0 atom stereocenters. The maximum Gasteiger partial charge on any atom is 0.220 e. The Morgan fingerprint density at radius 1 is 1.35 bits per heavy atom. The van der Waals surface area contributed by atoms with E-state index in [9.17, 15) is 4.79 Å². The van der Waals surface area contributed by atoms with E-state index < -0.39 is 0 Å². The molecule has 17 heavy (non-hydrogen) atoms. The number of hydrogen-bond acceptors (Lipinski definition) is 1. The van der Waals surface area contributed by atoms with Gasteiger partial charge in [-0.2, -0.15) is 0 Å². The van der Waals surface area contributed by atoms with Crippen LogP contribution in [0, 0.1) is 5.92 Å². The number of amides is 1. The van der Waals surface area contributed by atoms with E-state index in [1.165, 1.54) is 0 Å². The zero-order chi connectivity index (χ0) is 12.7. The minimum atomic E-state index is 0.102. The molecule has 1 aromatic rings. The summed E-state index contributed by atoms with van der Waals surface area (Å²) >= 11 is 6.02. The summed E-state index contributed by atoms with van der Waals surface area (Å²) in [7, 11) is 0. The molecule has 0 heterocycles. The van der Waals surface area contributed by atoms with Crippen molar-refractivity contribution in [3.63, 3.8) is 0 Å². The molecule has 0 radical (unpaired) electrons. The molecule has 1 N–H and O–H groups in total. The van der Waals surface area contributed by atoms with Crippen molar-refractivity contribution >= 4 is 17.5 Å². The van der Waals surface area contributed by atoms with Crippen LogP contribution in [-0.2, 0) is 11.2 Å². The topological polar surface area (TPSA) is 29.1 Å². The number of rotatable bonds is 6. The van der Waals surface area contributed by atoms with Crippen molar-refractivity contribution in [2.75, 3.05) is 6.54 Å². The van der Waals surface area contributed by atoms with E-state index in [1.807, 2.05) is 24.3 Å². The molecule has 0 fully saturated rings. The van der Waals surface area contributed by atoms with Crippen LogP contribution in [0.15, 0.2) is 24.3 Å². The van der Waals surface area contributed by atoms with Gasteiger partial charge in [0.25, 0.3) is 0 Å². The first-order chi connectivity index (χ1) is 8.09. The Balaban J connectivity index is 2.26. The fourth-order valence-electron chi connectivity index (χ4n) is 1.54. The molecule has 0 aromatic heterocycles. The summed E-state index contributed by atoms with van der Waals surface area (Å²) < 4.78 is 0. The number of nitrogens with one attached hydrogen (secondary N) is 1. The standard InChI is InChI=1S/C14H20ClNO/c1-11(2)9-10-16-14(17)8-7-12-5-3-4-6-13(12)15/h3-6,11H,7-10H2,1-2H3,(H,16,17). The van der Waals surface area contributed by atoms with Gasteiger partial charge in [-0.05, 0) is 30.4 Å². The average molecular weight is 254 g/mol. The normalized spacial score (nSPS) is 10.6. The zero-order valence-corrected chi connectivity index (χ0v) is 11.3. The number of hydrogen-bond donors (Lipinski definition) is 1. The van der Waals surface area contributed by atoms with Gasteiger partial charge in [0.05, 0.1) is 0 Å². The van der Waals surface area contributed by atoms with Crippen LogP contribution in [0.3, 0.4) is 0 Å². The van der Waals surface area contributed by atoms with Gasteiger partial charge in [0.1, 0.15) is 0 Å². The average Bonchev–Trinajstić information content (AvgIpc) is 2.27. The molecule has 0 unspecified atom stereocenters. The Hall–Kier alpha value is -1.02. The molecular formula is C14H20ClNO. The largest absolute Gasteiger partial charge is 0.356 e. The Morgan fingerprint density at radius 3 is 2.71 bits per heavy atom. The number of carbonyl (C=O) groups excluding carboxylic acids is 1. The number of aryl methyl sites for hydroxylation is 1. The van der Waals surface area contributed by atoms with Crippen LogP contribution in [0.2, 0.25) is 5.02 Å². The van der Waals surface area contributed by atoms with Gasteiger partial charge >= 0.3 is 0 Å². The molecule has 0 aliphatic heterocycles. The summed E-state index contributed by atoms with van der Waals surface area (Å²) in [6.07, 6.45) is 2.23. The minimum absolute atomic E-state index is 0.102. The van der Waals surface area contributed by atoms with Crippen LogP contribution in [0.25, 0.3) is 0 Å². The molecule has 1 aromatic carbocycles. The third-order valence-electron chi connectivity index (χ3n) is 2.62. The Bertz CT molecular complexity index is 363. The third kappa shape index (κ3) is 5.73. The Kier molecular flexibility index (Phi) is 6.06. The monoisotopic (exact) mass is 253 g/mol. The van der Waals surface area contributed by atoms with Gasteiger partial charge in [0.15, 0.2) is 0 Å². The molecule has 0 saturated carbocycles. The summed E-state index contributed by atoms with van der Waals surface area (Å²) in [5.41, 5.74) is 1.04. The summed E-state index contributed by atoms with van der Waals surface area (Å²) in [5, 5.41) is 3.66. The highest BCUT2D eigenvalue weighted by molar-refractivity contribution is 6.31. The van der Waals surface area contributed by atoms with E-state index in [0.29, 0.717) is 18.8 Å². The van der Waals surface area contributed by atoms with E-state index in [4.69, 9.17) is 11.6 Å². The highest BCUT2D eigenvalue weighted by atomic mass is 35.5. The van der Waals surface area contributed by atoms with Crippen molar-refractivity contribution in [2.45, 2.75) is 33.1 Å². The van der Waals surface area contributed by atoms with Gasteiger partial charge < -0.3 is 5.32 Å². The smallest absolute Gasteiger partial charge is 0.220 e. The molecule has 2 nitrogen and oxygen atoms in total. The molecule has 1 amide bonds. The van der Waals surface area contributed by atoms with Crippen molar-refractivity contribution in [1.82, 2.24) is 5.32 Å². The lowest BCUT2D eigenvalue weighted by Gasteiger charge is -2.07. The minimum Gasteiger partial charge on any atom is -0.356 e. The lowest BCUT2D eigenvalue weighted by molar-refractivity contribution is -0.121. The maximum absolute atomic E-state index is 11.6. The van der Waals surface area contributed by atoms with E-state index >= 15 is 0 Å². The van der Waals surface area contributed by atoms with E-state index in [2.05, 4.69) is 19.2 Å². The summed E-state index contributed by atoms with van der Waals surface area (Å²) in [4.78, 5) is 11.6. The second kappa shape index (κ2) is 7.33. The van der Waals surface area contributed by atoms with E-state index in [-0.39, 0.29) is 5.91 Å². The van der Waals surface area contributed by atoms with Crippen molar-refractivity contribution in [3.8, 4) is 0 Å². The fraction of sp³-hybridized carbons (Fsp3) is 0.500. The molecule has 0 aliphatic rings. The molecule has 0 saturated heterocycles. The Morgan fingerprint density at radius 2 is 2.06 bits per heavy atom. The van der Waals surface area contributed by atoms with Crippen LogP contribution >= 0.6 is 11.6 Å². The van der Waals surface area contributed by atoms with Crippen molar-refractivity contribution in [3.05, 3.63) is 34.9 Å². The lowest BCUT2D eigenvalue weighted by Crippen LogP contribution is -2.25. The molecule has 3 heteroatoms. The molecule has 1 rings (SSSR count). The number of halogens is 1. The second-order valence-electron chi connectivity index (χ2n) is 4.62. The van der Waals surface area contributed by atoms with E-state index in [0.717, 1.165) is 23.6 Å². The molecule has 0 spiro atoms. The summed E-state index contributed by atoms with van der Waals surface area (Å²) in [6, 6.07) is 7.66. The summed E-state index contributed by atoms with van der Waals surface area (Å²) in [5.74, 6) is 0.726. The first-order valence-electron chi connectivity index (χ1n) is 6.09. The lowest BCUT2D eigenvalue weighted by atomic mass is 10.1. The van der Waals surface area contributed by atoms with Gasteiger partial charge in [-0.3, -0.25) is 4.79 Å². The number of benzene rings is 1. The first kappa shape index (κ1) is 14.0. The maximum atomic E-state index is 11.6. The SMILES string of the molecule is CC(C)CCNC(=O)CCc1ccccc1Cl. The third-order valence-corrected chi connectivity index (χ3v) is 2.99. The van der Waals surface area contributed by atoms with Gasteiger partial charge in [-0.25, -0.2) is 0 Å². The predicted molar refractivity (Wildman–Crippen MR) is 72.2 cm³/mol. The van der Waals surface area contributed by atoms with Crippen molar-refractivity contribution in [1.29, 1.82) is 0 Å². The molecule has 0 aliphatic carbocycles. The molecule has 94 valence electrons. The van der Waals surface area contributed by atoms with Crippen LogP contribution in [0.5, 0.6) is 0 Å². The summed E-state index contributed by atoms with van der Waals surface area (Å²) in [6.45, 7) is 5.06. The van der Waals surface area contributed by atoms with Gasteiger partial charge in [-0.15, -0.1) is 0 Å². The van der Waals surface area contributed by atoms with Crippen molar-refractivity contribution < 1.29 is 4.79 Å². The number of carbonyl (C=O) groups is 1. The van der Waals surface area contributed by atoms with Gasteiger partial charge in [-0.1, -0.05) is 43.6 Å². The quantitative estimate of drug-likeness (QED) is 0.827. The van der Waals surface area contributed by atoms with Crippen LogP contribution in [0.1, 0.15) is 32.3 Å². The van der Waals surface area contributed by atoms with Gasteiger partial charge in [0.2, 0.25) is 5.91 Å². The molecular weight excluding hydrogens is 234 g/mol. The Labute approximate surface area is 108 Å². The fourth-order valence-corrected chi connectivity index (χ4v) is 1.77. The van der Waals surface area contributed by atoms with Gasteiger partial charge in [0, 0.05) is 18.0 Å². The van der Waals surface area contributed by atoms with Crippen LogP contribution in [0.4, 0.5) is 0 Å². The highest BCUT2D eigenvalue weighted by Gasteiger charge is 2.04. The van der Waals surface area contributed by atoms with Crippen molar-refractivity contribution in [2.24, 2.45) is 5.92 Å². The molecule has 0 bridgehead atoms. The second-order valence-corrected chi connectivity index (χ2v) is 5.03. The predicted octanol–water partition coefficient (Wildman–Crippen LogP) is 3.43.